The fourth-order valence-corrected chi connectivity index (χ4v) is 1.66. The first-order valence-corrected chi connectivity index (χ1v) is 6.95. The van der Waals surface area contributed by atoms with Crippen LogP contribution in [0.3, 0.4) is 0 Å². The number of hydrogen-bond acceptors (Lipinski definition) is 4. The van der Waals surface area contributed by atoms with Gasteiger partial charge < -0.3 is 14.8 Å². The van der Waals surface area contributed by atoms with Crippen molar-refractivity contribution < 1.29 is 14.3 Å². The average molecular weight is 279 g/mol. The highest BCUT2D eigenvalue weighted by atomic mass is 16.5. The van der Waals surface area contributed by atoms with Gasteiger partial charge in [-0.2, -0.15) is 0 Å². The van der Waals surface area contributed by atoms with Gasteiger partial charge in [0.25, 0.3) is 0 Å². The van der Waals surface area contributed by atoms with E-state index in [9.17, 15) is 4.79 Å². The Labute approximate surface area is 121 Å². The van der Waals surface area contributed by atoms with Crippen molar-refractivity contribution in [3.8, 4) is 0 Å². The Hall–Kier alpha value is -1.55. The highest BCUT2D eigenvalue weighted by Crippen LogP contribution is 2.14. The van der Waals surface area contributed by atoms with Crippen LogP contribution in [0, 0.1) is 6.92 Å². The van der Waals surface area contributed by atoms with Gasteiger partial charge in [-0.15, -0.1) is 0 Å². The van der Waals surface area contributed by atoms with Crippen LogP contribution < -0.4 is 5.32 Å². The molecule has 4 heteroatoms. The third kappa shape index (κ3) is 6.06. The molecule has 1 rings (SSSR count). The summed E-state index contributed by atoms with van der Waals surface area (Å²) in [4.78, 5) is 11.6. The summed E-state index contributed by atoms with van der Waals surface area (Å²) in [6.45, 7) is 6.95. The van der Waals surface area contributed by atoms with Gasteiger partial charge in [-0.25, -0.2) is 0 Å². The zero-order valence-corrected chi connectivity index (χ0v) is 12.9. The monoisotopic (exact) mass is 279 g/mol. The second kappa shape index (κ2) is 7.90. The van der Waals surface area contributed by atoms with Crippen molar-refractivity contribution in [1.29, 1.82) is 0 Å². The van der Waals surface area contributed by atoms with Crippen LogP contribution in [0.4, 0.5) is 5.69 Å². The van der Waals surface area contributed by atoms with Gasteiger partial charge in [0.1, 0.15) is 0 Å². The lowest BCUT2D eigenvalue weighted by Crippen LogP contribution is -2.25. The van der Waals surface area contributed by atoms with E-state index in [1.165, 1.54) is 5.56 Å². The van der Waals surface area contributed by atoms with Crippen molar-refractivity contribution in [2.75, 3.05) is 25.6 Å². The number of esters is 1. The minimum atomic E-state index is -0.250. The van der Waals surface area contributed by atoms with E-state index < -0.39 is 0 Å². The summed E-state index contributed by atoms with van der Waals surface area (Å²) in [7, 11) is 1.66. The molecule has 0 amide bonds. The van der Waals surface area contributed by atoms with E-state index in [1.54, 1.807) is 7.11 Å². The molecule has 1 aromatic rings. The number of benzene rings is 1. The van der Waals surface area contributed by atoms with Gasteiger partial charge >= 0.3 is 5.97 Å². The molecule has 0 heterocycles. The summed E-state index contributed by atoms with van der Waals surface area (Å²) in [6, 6.07) is 8.00. The predicted molar refractivity (Wildman–Crippen MR) is 80.9 cm³/mol. The molecule has 20 heavy (non-hydrogen) atoms. The predicted octanol–water partition coefficient (Wildman–Crippen LogP) is 3.16. The normalized spacial score (nSPS) is 11.2. The number of para-hydroxylation sites is 1. The number of methoxy groups -OCH3 is 1. The summed E-state index contributed by atoms with van der Waals surface area (Å²) < 4.78 is 10.5. The zero-order chi connectivity index (χ0) is 15.0. The van der Waals surface area contributed by atoms with E-state index in [0.717, 1.165) is 5.69 Å². The Morgan fingerprint density at radius 2 is 2.00 bits per heavy atom. The largest absolute Gasteiger partial charge is 0.466 e. The SMILES string of the molecule is COC(C)(C)CCOC(=O)CCNc1ccccc1C. The van der Waals surface area contributed by atoms with Crippen LogP contribution in [0.2, 0.25) is 0 Å². The maximum atomic E-state index is 11.6. The maximum absolute atomic E-state index is 11.6. The Kier molecular flexibility index (Phi) is 6.52. The molecular formula is C16H25NO3. The van der Waals surface area contributed by atoms with Crippen LogP contribution in [-0.2, 0) is 14.3 Å². The number of carbonyl (C=O) groups is 1. The van der Waals surface area contributed by atoms with Gasteiger partial charge in [0.05, 0.1) is 18.6 Å². The van der Waals surface area contributed by atoms with E-state index in [1.807, 2.05) is 45.0 Å². The van der Waals surface area contributed by atoms with Crippen LogP contribution in [0.15, 0.2) is 24.3 Å². The number of hydrogen-bond donors (Lipinski definition) is 1. The van der Waals surface area contributed by atoms with Crippen LogP contribution in [-0.4, -0.2) is 31.8 Å². The van der Waals surface area contributed by atoms with Gasteiger partial charge in [-0.1, -0.05) is 18.2 Å². The van der Waals surface area contributed by atoms with Gasteiger partial charge in [0.2, 0.25) is 0 Å². The second-order valence-electron chi connectivity index (χ2n) is 5.43. The molecule has 112 valence electrons. The van der Waals surface area contributed by atoms with Crippen molar-refractivity contribution in [3.05, 3.63) is 29.8 Å². The molecule has 0 aromatic heterocycles. The highest BCUT2D eigenvalue weighted by Gasteiger charge is 2.16. The summed E-state index contributed by atoms with van der Waals surface area (Å²) in [5.41, 5.74) is 1.98. The maximum Gasteiger partial charge on any atom is 0.307 e. The molecule has 1 N–H and O–H groups in total. The molecule has 4 nitrogen and oxygen atoms in total. The van der Waals surface area contributed by atoms with E-state index in [-0.39, 0.29) is 11.6 Å². The van der Waals surface area contributed by atoms with E-state index >= 15 is 0 Å². The van der Waals surface area contributed by atoms with Crippen molar-refractivity contribution >= 4 is 11.7 Å². The number of ether oxygens (including phenoxy) is 2. The third-order valence-electron chi connectivity index (χ3n) is 3.31. The first-order valence-electron chi connectivity index (χ1n) is 6.95. The van der Waals surface area contributed by atoms with Crippen LogP contribution >= 0.6 is 0 Å². The van der Waals surface area contributed by atoms with Gasteiger partial charge in [-0.3, -0.25) is 4.79 Å². The molecule has 0 bridgehead atoms. The molecule has 0 atom stereocenters. The van der Waals surface area contributed by atoms with Crippen molar-refractivity contribution in [1.82, 2.24) is 0 Å². The highest BCUT2D eigenvalue weighted by molar-refractivity contribution is 5.70. The molecule has 0 fully saturated rings. The quantitative estimate of drug-likeness (QED) is 0.743. The summed E-state index contributed by atoms with van der Waals surface area (Å²) in [5.74, 6) is -0.182. The lowest BCUT2D eigenvalue weighted by atomic mass is 10.1. The topological polar surface area (TPSA) is 47.6 Å². The Balaban J connectivity index is 2.19. The average Bonchev–Trinajstić information content (AvgIpc) is 2.41. The Morgan fingerprint density at radius 1 is 1.30 bits per heavy atom. The minimum absolute atomic E-state index is 0.182. The molecule has 0 radical (unpaired) electrons. The number of rotatable bonds is 8. The van der Waals surface area contributed by atoms with Crippen LogP contribution in [0.1, 0.15) is 32.3 Å². The molecule has 1 aromatic carbocycles. The lowest BCUT2D eigenvalue weighted by molar-refractivity contribution is -0.144. The number of nitrogens with one attached hydrogen (secondary N) is 1. The first kappa shape index (κ1) is 16.5. The fourth-order valence-electron chi connectivity index (χ4n) is 1.66. The van der Waals surface area contributed by atoms with Crippen molar-refractivity contribution in [2.45, 2.75) is 39.2 Å². The molecule has 0 aliphatic carbocycles. The fraction of sp³-hybridized carbons (Fsp3) is 0.562. The summed E-state index contributed by atoms with van der Waals surface area (Å²) >= 11 is 0. The molecule has 0 unspecified atom stereocenters. The number of anilines is 1. The van der Waals surface area contributed by atoms with Gasteiger partial charge in [0, 0.05) is 25.8 Å². The molecule has 0 saturated heterocycles. The molecule has 0 aliphatic rings. The summed E-state index contributed by atoms with van der Waals surface area (Å²) in [5, 5.41) is 3.24. The van der Waals surface area contributed by atoms with Crippen molar-refractivity contribution in [2.24, 2.45) is 0 Å². The van der Waals surface area contributed by atoms with Crippen LogP contribution in [0.25, 0.3) is 0 Å². The first-order chi connectivity index (χ1) is 9.44. The molecular weight excluding hydrogens is 254 g/mol. The second-order valence-corrected chi connectivity index (χ2v) is 5.43. The van der Waals surface area contributed by atoms with Crippen molar-refractivity contribution in [3.63, 3.8) is 0 Å². The molecule has 0 aliphatic heterocycles. The molecule has 0 saturated carbocycles. The zero-order valence-electron chi connectivity index (χ0n) is 12.9. The van der Waals surface area contributed by atoms with E-state index in [2.05, 4.69) is 5.32 Å². The number of aryl methyl sites for hydroxylation is 1. The standard InChI is InChI=1S/C16H25NO3/c1-13-7-5-6-8-14(13)17-11-9-15(18)20-12-10-16(2,3)19-4/h5-8,17H,9-12H2,1-4H3. The van der Waals surface area contributed by atoms with Crippen LogP contribution in [0.5, 0.6) is 0 Å². The lowest BCUT2D eigenvalue weighted by Gasteiger charge is -2.22. The Morgan fingerprint density at radius 3 is 2.65 bits per heavy atom. The van der Waals surface area contributed by atoms with E-state index in [0.29, 0.717) is 26.0 Å². The Bertz CT molecular complexity index is 429. The molecule has 0 spiro atoms. The summed E-state index contributed by atoms with van der Waals surface area (Å²) in [6.07, 6.45) is 1.06. The number of carbonyl (C=O) groups excluding carboxylic acids is 1. The van der Waals surface area contributed by atoms with E-state index in [4.69, 9.17) is 9.47 Å². The van der Waals surface area contributed by atoms with Gasteiger partial charge in [0.15, 0.2) is 0 Å². The third-order valence-corrected chi connectivity index (χ3v) is 3.31. The van der Waals surface area contributed by atoms with Gasteiger partial charge in [-0.05, 0) is 32.4 Å². The smallest absolute Gasteiger partial charge is 0.307 e. The minimum Gasteiger partial charge on any atom is -0.466 e.